The normalized spacial score (nSPS) is 9.27. The van der Waals surface area contributed by atoms with Gasteiger partial charge in [0.05, 0.1) is 11.9 Å². The number of carbonyl (C=O) groups is 1. The smallest absolute Gasteiger partial charge is 0.223 e. The zero-order valence-corrected chi connectivity index (χ0v) is 6.73. The molecule has 1 amide bonds. The maximum absolute atomic E-state index is 9.95. The quantitative estimate of drug-likeness (QED) is 0.437. The summed E-state index contributed by atoms with van der Waals surface area (Å²) >= 11 is 10.9. The largest absolute Gasteiger partial charge is 0.325 e. The third-order valence-electron chi connectivity index (χ3n) is 0.927. The Bertz CT molecular complexity index is 278. The van der Waals surface area contributed by atoms with Crippen molar-refractivity contribution < 1.29 is 4.79 Å². The maximum Gasteiger partial charge on any atom is 0.223 e. The molecule has 1 N–H and O–H groups in total. The van der Waals surface area contributed by atoms with Gasteiger partial charge in [-0.15, -0.1) is 0 Å². The average Bonchev–Trinajstić information content (AvgIpc) is 1.95. The fourth-order valence-corrected chi connectivity index (χ4v) is 0.861. The molecule has 0 spiro atoms. The van der Waals surface area contributed by atoms with Crippen LogP contribution in [0.1, 0.15) is 0 Å². The lowest BCUT2D eigenvalue weighted by atomic mass is 10.5. The molecule has 1 rings (SSSR count). The molecule has 0 unspecified atom stereocenters. The fourth-order valence-electron chi connectivity index (χ4n) is 0.501. The van der Waals surface area contributed by atoms with Crippen LogP contribution in [-0.4, -0.2) is 16.4 Å². The molecular formula is C5H3Cl2N3O. The first-order valence-electron chi connectivity index (χ1n) is 2.62. The summed E-state index contributed by atoms with van der Waals surface area (Å²) in [5, 5.41) is 2.48. The van der Waals surface area contributed by atoms with Crippen molar-refractivity contribution >= 4 is 35.3 Å². The number of nitrogens with one attached hydrogen (secondary N) is 1. The third-order valence-corrected chi connectivity index (χ3v) is 1.40. The number of hydrogen-bond donors (Lipinski definition) is 1. The summed E-state index contributed by atoms with van der Waals surface area (Å²) in [6.45, 7) is 0. The van der Waals surface area contributed by atoms with Crippen molar-refractivity contribution in [3.63, 3.8) is 0 Å². The number of halogens is 2. The number of carbonyl (C=O) groups excluding carboxylic acids is 1. The molecule has 11 heavy (non-hydrogen) atoms. The number of nitrogens with zero attached hydrogens (tertiary/aromatic N) is 2. The summed E-state index contributed by atoms with van der Waals surface area (Å²) in [6.07, 6.45) is 1.81. The van der Waals surface area contributed by atoms with Crippen LogP contribution < -0.4 is 5.32 Å². The van der Waals surface area contributed by atoms with Crippen LogP contribution in [0.15, 0.2) is 6.20 Å². The Morgan fingerprint density at radius 1 is 1.55 bits per heavy atom. The van der Waals surface area contributed by atoms with Gasteiger partial charge >= 0.3 is 0 Å². The molecular weight excluding hydrogens is 189 g/mol. The Labute approximate surface area is 72.6 Å². The van der Waals surface area contributed by atoms with Gasteiger partial charge in [-0.05, 0) is 11.6 Å². The van der Waals surface area contributed by atoms with E-state index >= 15 is 0 Å². The number of aromatic nitrogens is 2. The molecule has 1 aromatic heterocycles. The van der Waals surface area contributed by atoms with E-state index in [-0.39, 0.29) is 10.4 Å². The molecule has 0 aromatic carbocycles. The molecule has 0 fully saturated rings. The van der Waals surface area contributed by atoms with Gasteiger partial charge in [-0.25, -0.2) is 9.97 Å². The Balaban J connectivity index is 2.98. The number of rotatable bonds is 2. The molecule has 4 nitrogen and oxygen atoms in total. The molecule has 0 aliphatic carbocycles. The van der Waals surface area contributed by atoms with Gasteiger partial charge < -0.3 is 5.32 Å². The molecule has 1 aromatic rings. The van der Waals surface area contributed by atoms with E-state index in [1.54, 1.807) is 0 Å². The molecule has 0 saturated carbocycles. The van der Waals surface area contributed by atoms with Crippen LogP contribution in [0.4, 0.5) is 5.69 Å². The van der Waals surface area contributed by atoms with Gasteiger partial charge in [0.2, 0.25) is 11.7 Å². The summed E-state index contributed by atoms with van der Waals surface area (Å²) < 4.78 is 0. The molecule has 58 valence electrons. The lowest BCUT2D eigenvalue weighted by Gasteiger charge is -1.98. The summed E-state index contributed by atoms with van der Waals surface area (Å²) in [5.74, 6) is 0. The van der Waals surface area contributed by atoms with Crippen molar-refractivity contribution in [1.29, 1.82) is 0 Å². The van der Waals surface area contributed by atoms with Crippen LogP contribution in [0.25, 0.3) is 0 Å². The Hall–Kier alpha value is -0.870. The predicted octanol–water partition coefficient (Wildman–Crippen LogP) is 1.35. The second-order valence-corrected chi connectivity index (χ2v) is 2.30. The summed E-state index contributed by atoms with van der Waals surface area (Å²) in [7, 11) is 0. The van der Waals surface area contributed by atoms with Crippen molar-refractivity contribution in [1.82, 2.24) is 9.97 Å². The highest BCUT2D eigenvalue weighted by atomic mass is 35.5. The zero-order chi connectivity index (χ0) is 8.27. The highest BCUT2D eigenvalue weighted by Gasteiger charge is 2.01. The van der Waals surface area contributed by atoms with Crippen LogP contribution in [-0.2, 0) is 4.79 Å². The summed E-state index contributed by atoms with van der Waals surface area (Å²) in [4.78, 5) is 17.2. The van der Waals surface area contributed by atoms with E-state index in [1.807, 2.05) is 0 Å². The van der Waals surface area contributed by atoms with Gasteiger partial charge in [-0.1, -0.05) is 11.6 Å². The van der Waals surface area contributed by atoms with Crippen molar-refractivity contribution in [3.05, 3.63) is 16.6 Å². The second-order valence-electron chi connectivity index (χ2n) is 1.61. The van der Waals surface area contributed by atoms with E-state index in [0.717, 1.165) is 0 Å². The standard InChI is InChI=1S/C5H3Cl2N3O/c6-4-3(9-2-11)1-8-5(7)10-4/h1-2H,(H,9,11). The fraction of sp³-hybridized carbons (Fsp3) is 0. The Kier molecular flexibility index (Phi) is 2.62. The van der Waals surface area contributed by atoms with E-state index in [4.69, 9.17) is 23.2 Å². The first-order chi connectivity index (χ1) is 5.24. The molecule has 0 aliphatic heterocycles. The minimum atomic E-state index is 0.0476. The van der Waals surface area contributed by atoms with Crippen molar-refractivity contribution in [2.24, 2.45) is 0 Å². The van der Waals surface area contributed by atoms with E-state index in [2.05, 4.69) is 15.3 Å². The molecule has 0 bridgehead atoms. The van der Waals surface area contributed by atoms with Crippen molar-refractivity contribution in [2.75, 3.05) is 5.32 Å². The van der Waals surface area contributed by atoms with Crippen LogP contribution in [0.2, 0.25) is 10.4 Å². The minimum absolute atomic E-state index is 0.0476. The highest BCUT2D eigenvalue weighted by molar-refractivity contribution is 6.33. The molecule has 6 heteroatoms. The first kappa shape index (κ1) is 8.23. The van der Waals surface area contributed by atoms with Crippen LogP contribution >= 0.6 is 23.2 Å². The van der Waals surface area contributed by atoms with Gasteiger partial charge in [0, 0.05) is 0 Å². The second kappa shape index (κ2) is 3.50. The zero-order valence-electron chi connectivity index (χ0n) is 5.21. The Morgan fingerprint density at radius 2 is 2.27 bits per heavy atom. The van der Waals surface area contributed by atoms with E-state index < -0.39 is 0 Å². The SMILES string of the molecule is O=CNc1cnc(Cl)nc1Cl. The minimum Gasteiger partial charge on any atom is -0.325 e. The third kappa shape index (κ3) is 2.03. The van der Waals surface area contributed by atoms with Crippen molar-refractivity contribution in [3.8, 4) is 0 Å². The van der Waals surface area contributed by atoms with Crippen molar-refractivity contribution in [2.45, 2.75) is 0 Å². The van der Waals surface area contributed by atoms with E-state index in [9.17, 15) is 4.79 Å². The predicted molar refractivity (Wildman–Crippen MR) is 41.7 cm³/mol. The van der Waals surface area contributed by atoms with Gasteiger partial charge in [0.25, 0.3) is 0 Å². The van der Waals surface area contributed by atoms with Gasteiger partial charge in [-0.2, -0.15) is 0 Å². The Morgan fingerprint density at radius 3 is 2.82 bits per heavy atom. The molecule has 0 atom stereocenters. The lowest BCUT2D eigenvalue weighted by Crippen LogP contribution is -1.97. The summed E-state index contributed by atoms with van der Waals surface area (Å²) in [5.41, 5.74) is 0.339. The highest BCUT2D eigenvalue weighted by Crippen LogP contribution is 2.18. The van der Waals surface area contributed by atoms with E-state index in [0.29, 0.717) is 12.1 Å². The maximum atomic E-state index is 9.95. The molecule has 0 aliphatic rings. The van der Waals surface area contributed by atoms with E-state index in [1.165, 1.54) is 6.20 Å². The van der Waals surface area contributed by atoms with Gasteiger partial charge in [0.15, 0.2) is 5.15 Å². The van der Waals surface area contributed by atoms with Gasteiger partial charge in [-0.3, -0.25) is 4.79 Å². The van der Waals surface area contributed by atoms with Crippen LogP contribution in [0.3, 0.4) is 0 Å². The molecule has 0 radical (unpaired) electrons. The summed E-state index contributed by atoms with van der Waals surface area (Å²) in [6, 6.07) is 0. The number of anilines is 1. The number of amides is 1. The molecule has 1 heterocycles. The van der Waals surface area contributed by atoms with Gasteiger partial charge in [0.1, 0.15) is 0 Å². The lowest BCUT2D eigenvalue weighted by molar-refractivity contribution is -0.105. The topological polar surface area (TPSA) is 54.9 Å². The first-order valence-corrected chi connectivity index (χ1v) is 3.38. The molecule has 0 saturated heterocycles. The average molecular weight is 192 g/mol. The number of hydrogen-bond acceptors (Lipinski definition) is 3. The van der Waals surface area contributed by atoms with Crippen LogP contribution in [0, 0.1) is 0 Å². The monoisotopic (exact) mass is 191 g/mol. The van der Waals surface area contributed by atoms with Crippen LogP contribution in [0.5, 0.6) is 0 Å².